The Kier molecular flexibility index (Phi) is 10.6. The molecular formula is C25H35N5O7. The largest absolute Gasteiger partial charge is 0.481 e. The van der Waals surface area contributed by atoms with Crippen LogP contribution in [0.15, 0.2) is 30.5 Å². The van der Waals surface area contributed by atoms with Gasteiger partial charge >= 0.3 is 11.9 Å². The van der Waals surface area contributed by atoms with Crippen LogP contribution in [0.1, 0.15) is 45.6 Å². The van der Waals surface area contributed by atoms with Gasteiger partial charge in [0.1, 0.15) is 18.1 Å². The third-order valence-corrected chi connectivity index (χ3v) is 6.20. The molecule has 2 aromatic rings. The second kappa shape index (κ2) is 13.4. The molecule has 1 heterocycles. The highest BCUT2D eigenvalue weighted by atomic mass is 16.4. The average molecular weight is 518 g/mol. The molecule has 37 heavy (non-hydrogen) atoms. The summed E-state index contributed by atoms with van der Waals surface area (Å²) in [4.78, 5) is 64.4. The van der Waals surface area contributed by atoms with E-state index in [2.05, 4.69) is 20.9 Å². The van der Waals surface area contributed by atoms with Crippen molar-refractivity contribution in [2.24, 2.45) is 11.7 Å². The van der Waals surface area contributed by atoms with Gasteiger partial charge in [-0.05, 0) is 30.9 Å². The molecule has 2 rings (SSSR count). The van der Waals surface area contributed by atoms with Crippen LogP contribution in [0, 0.1) is 5.92 Å². The Bertz CT molecular complexity index is 1130. The van der Waals surface area contributed by atoms with Crippen molar-refractivity contribution in [1.82, 2.24) is 20.9 Å². The maximum absolute atomic E-state index is 13.3. The molecule has 0 aliphatic rings. The fraction of sp³-hybridized carbons (Fsp3) is 0.480. The van der Waals surface area contributed by atoms with E-state index >= 15 is 0 Å². The molecule has 1 aromatic carbocycles. The highest BCUT2D eigenvalue weighted by molar-refractivity contribution is 5.95. The number of aliphatic carboxylic acids is 2. The maximum atomic E-state index is 13.3. The van der Waals surface area contributed by atoms with Gasteiger partial charge in [-0.15, -0.1) is 0 Å². The molecule has 202 valence electrons. The van der Waals surface area contributed by atoms with Crippen LogP contribution in [0.5, 0.6) is 0 Å². The molecule has 3 amide bonds. The van der Waals surface area contributed by atoms with Crippen LogP contribution in [0.25, 0.3) is 10.9 Å². The number of hydrogen-bond acceptors (Lipinski definition) is 6. The van der Waals surface area contributed by atoms with E-state index in [1.807, 2.05) is 31.2 Å². The summed E-state index contributed by atoms with van der Waals surface area (Å²) >= 11 is 0. The topological polar surface area (TPSA) is 204 Å². The van der Waals surface area contributed by atoms with Gasteiger partial charge in [0.2, 0.25) is 17.7 Å². The SMILES string of the molecule is CCC(C)C(NC(=O)C(C)N)C(=O)NC(Cc1c[nH]c2ccccc12)C(=O)NC(CCC(=O)O)C(=O)O. The number of aromatic nitrogens is 1. The summed E-state index contributed by atoms with van der Waals surface area (Å²) in [7, 11) is 0. The molecule has 5 atom stereocenters. The van der Waals surface area contributed by atoms with Crippen LogP contribution in [-0.4, -0.2) is 69.0 Å². The first-order chi connectivity index (χ1) is 17.4. The van der Waals surface area contributed by atoms with E-state index in [1.54, 1.807) is 13.1 Å². The normalized spacial score (nSPS) is 15.1. The Morgan fingerprint density at radius 2 is 1.59 bits per heavy atom. The summed E-state index contributed by atoms with van der Waals surface area (Å²) < 4.78 is 0. The highest BCUT2D eigenvalue weighted by Gasteiger charge is 2.32. The Labute approximate surface area is 214 Å². The number of H-pyrrole nitrogens is 1. The van der Waals surface area contributed by atoms with Gasteiger partial charge in [-0.2, -0.15) is 0 Å². The fourth-order valence-corrected chi connectivity index (χ4v) is 3.78. The van der Waals surface area contributed by atoms with Gasteiger partial charge in [-0.25, -0.2) is 4.79 Å². The summed E-state index contributed by atoms with van der Waals surface area (Å²) in [5, 5.41) is 26.8. The van der Waals surface area contributed by atoms with Gasteiger partial charge in [0.25, 0.3) is 0 Å². The number of carboxylic acid groups (broad SMARTS) is 2. The first kappa shape index (κ1) is 29.3. The number of carbonyl (C=O) groups is 5. The highest BCUT2D eigenvalue weighted by Crippen LogP contribution is 2.20. The van der Waals surface area contributed by atoms with Crippen molar-refractivity contribution in [1.29, 1.82) is 0 Å². The lowest BCUT2D eigenvalue weighted by Gasteiger charge is -2.27. The molecule has 0 saturated heterocycles. The van der Waals surface area contributed by atoms with Crippen LogP contribution >= 0.6 is 0 Å². The molecule has 12 heteroatoms. The molecule has 0 bridgehead atoms. The van der Waals surface area contributed by atoms with Crippen molar-refractivity contribution in [3.63, 3.8) is 0 Å². The van der Waals surface area contributed by atoms with Gasteiger partial charge < -0.3 is 36.9 Å². The van der Waals surface area contributed by atoms with Gasteiger partial charge in [-0.1, -0.05) is 38.5 Å². The Morgan fingerprint density at radius 3 is 2.19 bits per heavy atom. The number of carboxylic acids is 2. The molecular weight excluding hydrogens is 482 g/mol. The predicted molar refractivity (Wildman–Crippen MR) is 135 cm³/mol. The second-order valence-corrected chi connectivity index (χ2v) is 9.12. The van der Waals surface area contributed by atoms with E-state index in [0.29, 0.717) is 12.0 Å². The lowest BCUT2D eigenvalue weighted by atomic mass is 9.96. The van der Waals surface area contributed by atoms with Crippen LogP contribution in [0.2, 0.25) is 0 Å². The summed E-state index contributed by atoms with van der Waals surface area (Å²) in [6, 6.07) is 2.84. The van der Waals surface area contributed by atoms with Crippen molar-refractivity contribution in [3.05, 3.63) is 36.0 Å². The monoisotopic (exact) mass is 517 g/mol. The predicted octanol–water partition coefficient (Wildman–Crippen LogP) is 0.508. The number of para-hydroxylation sites is 1. The third kappa shape index (κ3) is 8.31. The van der Waals surface area contributed by atoms with Crippen LogP contribution in [0.4, 0.5) is 0 Å². The van der Waals surface area contributed by atoms with Crippen molar-refractivity contribution in [3.8, 4) is 0 Å². The van der Waals surface area contributed by atoms with Crippen molar-refractivity contribution in [2.45, 2.75) is 70.6 Å². The zero-order valence-corrected chi connectivity index (χ0v) is 21.1. The smallest absolute Gasteiger partial charge is 0.326 e. The minimum atomic E-state index is -1.46. The lowest BCUT2D eigenvalue weighted by Crippen LogP contribution is -2.58. The minimum Gasteiger partial charge on any atom is -0.481 e. The summed E-state index contributed by atoms with van der Waals surface area (Å²) in [5.41, 5.74) is 7.16. The standard InChI is InChI=1S/C25H35N5O7/c1-4-13(2)21(30-22(33)14(3)26)24(35)29-19(11-15-12-27-17-8-6-5-7-16(15)17)23(34)28-18(25(36)37)9-10-20(31)32/h5-8,12-14,18-19,21,27H,4,9-11,26H2,1-3H3,(H,28,34)(H,29,35)(H,30,33)(H,31,32)(H,36,37). The summed E-state index contributed by atoms with van der Waals surface area (Å²) in [6.07, 6.45) is 1.47. The molecule has 1 aromatic heterocycles. The molecule has 0 radical (unpaired) electrons. The van der Waals surface area contributed by atoms with E-state index < -0.39 is 60.2 Å². The molecule has 0 fully saturated rings. The van der Waals surface area contributed by atoms with Crippen molar-refractivity contribution < 1.29 is 34.2 Å². The minimum absolute atomic E-state index is 0.0152. The second-order valence-electron chi connectivity index (χ2n) is 9.12. The Balaban J connectivity index is 2.34. The van der Waals surface area contributed by atoms with E-state index in [-0.39, 0.29) is 18.8 Å². The average Bonchev–Trinajstić information content (AvgIpc) is 3.26. The number of aromatic amines is 1. The van der Waals surface area contributed by atoms with Crippen molar-refractivity contribution in [2.75, 3.05) is 0 Å². The number of nitrogens with one attached hydrogen (secondary N) is 4. The number of fused-ring (bicyclic) bond motifs is 1. The maximum Gasteiger partial charge on any atom is 0.326 e. The third-order valence-electron chi connectivity index (χ3n) is 6.20. The molecule has 5 unspecified atom stereocenters. The Hall–Kier alpha value is -3.93. The van der Waals surface area contributed by atoms with Gasteiger partial charge in [0.15, 0.2) is 0 Å². The van der Waals surface area contributed by atoms with Crippen molar-refractivity contribution >= 4 is 40.6 Å². The lowest BCUT2D eigenvalue weighted by molar-refractivity contribution is -0.143. The molecule has 0 aliphatic heterocycles. The summed E-state index contributed by atoms with van der Waals surface area (Å²) in [5.74, 6) is -4.84. The molecule has 0 spiro atoms. The first-order valence-electron chi connectivity index (χ1n) is 12.1. The van der Waals surface area contributed by atoms with Crippen LogP contribution in [-0.2, 0) is 30.4 Å². The number of nitrogens with two attached hydrogens (primary N) is 1. The van der Waals surface area contributed by atoms with Crippen LogP contribution in [0.3, 0.4) is 0 Å². The molecule has 0 saturated carbocycles. The molecule has 8 N–H and O–H groups in total. The van der Waals surface area contributed by atoms with E-state index in [9.17, 15) is 29.1 Å². The number of hydrogen-bond donors (Lipinski definition) is 7. The number of rotatable bonds is 14. The first-order valence-corrected chi connectivity index (χ1v) is 12.1. The Morgan fingerprint density at radius 1 is 0.946 bits per heavy atom. The van der Waals surface area contributed by atoms with E-state index in [1.165, 1.54) is 6.92 Å². The van der Waals surface area contributed by atoms with Gasteiger partial charge in [0, 0.05) is 29.9 Å². The fourth-order valence-electron chi connectivity index (χ4n) is 3.78. The van der Waals surface area contributed by atoms with E-state index in [4.69, 9.17) is 10.8 Å². The molecule has 12 nitrogen and oxygen atoms in total. The van der Waals surface area contributed by atoms with Gasteiger partial charge in [0.05, 0.1) is 6.04 Å². The molecule has 0 aliphatic carbocycles. The zero-order chi connectivity index (χ0) is 27.7. The van der Waals surface area contributed by atoms with Gasteiger partial charge in [-0.3, -0.25) is 19.2 Å². The van der Waals surface area contributed by atoms with Crippen LogP contribution < -0.4 is 21.7 Å². The van der Waals surface area contributed by atoms with E-state index in [0.717, 1.165) is 10.9 Å². The zero-order valence-electron chi connectivity index (χ0n) is 21.1. The number of benzene rings is 1. The quantitative estimate of drug-likeness (QED) is 0.188. The number of amides is 3. The summed E-state index contributed by atoms with van der Waals surface area (Å²) in [6.45, 7) is 5.10. The number of carbonyl (C=O) groups excluding carboxylic acids is 3.